The molecular weight excluding hydrogens is 340 g/mol. The molecule has 6 nitrogen and oxygen atoms in total. The molecule has 2 aromatic rings. The molecule has 7 heteroatoms. The zero-order valence-electron chi connectivity index (χ0n) is 14.4. The fraction of sp³-hybridized carbons (Fsp3) is 0.278. The first-order chi connectivity index (χ1) is 11.8. The maximum Gasteiger partial charge on any atom is 0.255 e. The van der Waals surface area contributed by atoms with E-state index in [0.717, 1.165) is 11.3 Å². The van der Waals surface area contributed by atoms with Gasteiger partial charge in [0, 0.05) is 24.4 Å². The van der Waals surface area contributed by atoms with Gasteiger partial charge in [-0.25, -0.2) is 13.1 Å². The van der Waals surface area contributed by atoms with Gasteiger partial charge in [0.2, 0.25) is 10.0 Å². The third-order valence-electron chi connectivity index (χ3n) is 3.59. The van der Waals surface area contributed by atoms with Gasteiger partial charge in [0.1, 0.15) is 0 Å². The molecular formula is C18H22N2O4S. The van der Waals surface area contributed by atoms with Gasteiger partial charge in [-0.05, 0) is 49.7 Å². The largest absolute Gasteiger partial charge is 0.383 e. The van der Waals surface area contributed by atoms with Crippen LogP contribution >= 0.6 is 0 Å². The van der Waals surface area contributed by atoms with Crippen LogP contribution < -0.4 is 10.0 Å². The molecule has 0 unspecified atom stereocenters. The van der Waals surface area contributed by atoms with Crippen molar-refractivity contribution in [3.63, 3.8) is 0 Å². The van der Waals surface area contributed by atoms with E-state index in [1.807, 2.05) is 31.2 Å². The van der Waals surface area contributed by atoms with Gasteiger partial charge in [-0.15, -0.1) is 0 Å². The average molecular weight is 362 g/mol. The number of methoxy groups -OCH3 is 1. The Morgan fingerprint density at radius 3 is 2.36 bits per heavy atom. The minimum absolute atomic E-state index is 0.0999. The highest BCUT2D eigenvalue weighted by Gasteiger charge is 2.18. The molecule has 0 saturated heterocycles. The lowest BCUT2D eigenvalue weighted by Gasteiger charge is -2.13. The molecule has 2 rings (SSSR count). The fourth-order valence-corrected chi connectivity index (χ4v) is 3.54. The number of amides is 1. The first-order valence-electron chi connectivity index (χ1n) is 7.82. The third-order valence-corrected chi connectivity index (χ3v) is 5.20. The average Bonchev–Trinajstić information content (AvgIpc) is 2.57. The van der Waals surface area contributed by atoms with Crippen molar-refractivity contribution in [3.8, 4) is 0 Å². The van der Waals surface area contributed by atoms with Crippen LogP contribution in [-0.2, 0) is 14.8 Å². The quantitative estimate of drug-likeness (QED) is 0.793. The van der Waals surface area contributed by atoms with Crippen LogP contribution in [0.15, 0.2) is 53.4 Å². The van der Waals surface area contributed by atoms with E-state index in [1.165, 1.54) is 31.4 Å². The maximum absolute atomic E-state index is 12.3. The number of carbonyl (C=O) groups excluding carboxylic acids is 1. The van der Waals surface area contributed by atoms with Crippen molar-refractivity contribution >= 4 is 21.6 Å². The molecule has 25 heavy (non-hydrogen) atoms. The molecule has 0 aliphatic carbocycles. The standard InChI is InChI=1S/C18H22N2O4S/c1-13-6-4-5-7-17(13)19-18(21)15-8-10-16(11-9-15)25(22,23)20-14(2)12-24-3/h4-11,14,20H,12H2,1-3H3,(H,19,21)/t14-/m1/s1. The normalized spacial score (nSPS) is 12.6. The first kappa shape index (κ1) is 19.1. The summed E-state index contributed by atoms with van der Waals surface area (Å²) in [6.45, 7) is 3.89. The van der Waals surface area contributed by atoms with Gasteiger partial charge in [-0.1, -0.05) is 18.2 Å². The smallest absolute Gasteiger partial charge is 0.255 e. The number of aryl methyl sites for hydroxylation is 1. The van der Waals surface area contributed by atoms with Crippen LogP contribution in [0.25, 0.3) is 0 Å². The van der Waals surface area contributed by atoms with Gasteiger partial charge >= 0.3 is 0 Å². The van der Waals surface area contributed by atoms with Crippen LogP contribution in [0.1, 0.15) is 22.8 Å². The van der Waals surface area contributed by atoms with Crippen LogP contribution in [0.5, 0.6) is 0 Å². The molecule has 0 aromatic heterocycles. The van der Waals surface area contributed by atoms with E-state index in [0.29, 0.717) is 5.56 Å². The Labute approximate surface area is 148 Å². The van der Waals surface area contributed by atoms with E-state index in [1.54, 1.807) is 6.92 Å². The Morgan fingerprint density at radius 1 is 1.12 bits per heavy atom. The molecule has 0 bridgehead atoms. The van der Waals surface area contributed by atoms with Crippen LogP contribution in [0.3, 0.4) is 0 Å². The Balaban J connectivity index is 2.11. The predicted molar refractivity (Wildman–Crippen MR) is 97.2 cm³/mol. The fourth-order valence-electron chi connectivity index (χ4n) is 2.31. The predicted octanol–water partition coefficient (Wildman–Crippen LogP) is 2.56. The van der Waals surface area contributed by atoms with Crippen molar-refractivity contribution < 1.29 is 17.9 Å². The summed E-state index contributed by atoms with van der Waals surface area (Å²) in [7, 11) is -2.14. The number of hydrogen-bond acceptors (Lipinski definition) is 4. The summed E-state index contributed by atoms with van der Waals surface area (Å²) in [6, 6.07) is 12.9. The summed E-state index contributed by atoms with van der Waals surface area (Å²) >= 11 is 0. The van der Waals surface area contributed by atoms with E-state index >= 15 is 0 Å². The lowest BCUT2D eigenvalue weighted by Crippen LogP contribution is -2.35. The lowest BCUT2D eigenvalue weighted by molar-refractivity contribution is 0.102. The summed E-state index contributed by atoms with van der Waals surface area (Å²) in [4.78, 5) is 12.4. The number of benzene rings is 2. The summed E-state index contributed by atoms with van der Waals surface area (Å²) in [5.74, 6) is -0.293. The van der Waals surface area contributed by atoms with Crippen LogP contribution in [0.4, 0.5) is 5.69 Å². The molecule has 0 saturated carbocycles. The topological polar surface area (TPSA) is 84.5 Å². The molecule has 134 valence electrons. The molecule has 2 N–H and O–H groups in total. The van der Waals surface area contributed by atoms with E-state index in [9.17, 15) is 13.2 Å². The number of nitrogens with one attached hydrogen (secondary N) is 2. The summed E-state index contributed by atoms with van der Waals surface area (Å²) in [6.07, 6.45) is 0. The number of hydrogen-bond donors (Lipinski definition) is 2. The van der Waals surface area contributed by atoms with Crippen molar-refractivity contribution in [3.05, 3.63) is 59.7 Å². The minimum atomic E-state index is -3.65. The SMILES string of the molecule is COC[C@@H](C)NS(=O)(=O)c1ccc(C(=O)Nc2ccccc2C)cc1. The lowest BCUT2D eigenvalue weighted by atomic mass is 10.1. The Bertz CT molecular complexity index is 832. The van der Waals surface area contributed by atoms with E-state index < -0.39 is 10.0 Å². The van der Waals surface area contributed by atoms with Crippen molar-refractivity contribution in [2.45, 2.75) is 24.8 Å². The second kappa shape index (κ2) is 8.24. The van der Waals surface area contributed by atoms with Crippen molar-refractivity contribution in [2.24, 2.45) is 0 Å². The minimum Gasteiger partial charge on any atom is -0.383 e. The van der Waals surface area contributed by atoms with E-state index in [-0.39, 0.29) is 23.5 Å². The highest BCUT2D eigenvalue weighted by molar-refractivity contribution is 7.89. The molecule has 2 aromatic carbocycles. The highest BCUT2D eigenvalue weighted by Crippen LogP contribution is 2.16. The van der Waals surface area contributed by atoms with E-state index in [2.05, 4.69) is 10.0 Å². The molecule has 0 fully saturated rings. The van der Waals surface area contributed by atoms with Crippen LogP contribution in [-0.4, -0.2) is 34.1 Å². The Morgan fingerprint density at radius 2 is 1.76 bits per heavy atom. The van der Waals surface area contributed by atoms with E-state index in [4.69, 9.17) is 4.74 Å². The summed E-state index contributed by atoms with van der Waals surface area (Å²) in [5.41, 5.74) is 2.05. The molecule has 1 atom stereocenters. The van der Waals surface area contributed by atoms with Gasteiger partial charge in [0.25, 0.3) is 5.91 Å². The van der Waals surface area contributed by atoms with Gasteiger partial charge in [0.15, 0.2) is 0 Å². The summed E-state index contributed by atoms with van der Waals surface area (Å²) < 4.78 is 32.0. The number of sulfonamides is 1. The number of carbonyl (C=O) groups is 1. The molecule has 0 spiro atoms. The maximum atomic E-state index is 12.3. The molecule has 0 aliphatic heterocycles. The molecule has 0 aliphatic rings. The van der Waals surface area contributed by atoms with Crippen LogP contribution in [0, 0.1) is 6.92 Å². The molecule has 1 amide bonds. The number of ether oxygens (including phenoxy) is 1. The van der Waals surface area contributed by atoms with Gasteiger partial charge in [-0.2, -0.15) is 0 Å². The summed E-state index contributed by atoms with van der Waals surface area (Å²) in [5, 5.41) is 2.81. The zero-order valence-corrected chi connectivity index (χ0v) is 15.3. The Hall–Kier alpha value is -2.22. The Kier molecular flexibility index (Phi) is 6.30. The van der Waals surface area contributed by atoms with Crippen molar-refractivity contribution in [2.75, 3.05) is 19.0 Å². The van der Waals surface area contributed by atoms with Crippen LogP contribution in [0.2, 0.25) is 0 Å². The molecule has 0 radical (unpaired) electrons. The van der Waals surface area contributed by atoms with Crippen molar-refractivity contribution in [1.29, 1.82) is 0 Å². The van der Waals surface area contributed by atoms with Gasteiger partial charge < -0.3 is 10.1 Å². The second-order valence-corrected chi connectivity index (χ2v) is 7.49. The van der Waals surface area contributed by atoms with Gasteiger partial charge in [-0.3, -0.25) is 4.79 Å². The first-order valence-corrected chi connectivity index (χ1v) is 9.30. The number of para-hydroxylation sites is 1. The second-order valence-electron chi connectivity index (χ2n) is 5.77. The third kappa shape index (κ3) is 5.12. The number of anilines is 1. The molecule has 0 heterocycles. The highest BCUT2D eigenvalue weighted by atomic mass is 32.2. The van der Waals surface area contributed by atoms with Gasteiger partial charge in [0.05, 0.1) is 11.5 Å². The zero-order chi connectivity index (χ0) is 18.4. The monoisotopic (exact) mass is 362 g/mol. The number of rotatable bonds is 7. The van der Waals surface area contributed by atoms with Crippen molar-refractivity contribution in [1.82, 2.24) is 4.72 Å².